The molecule has 2 aliphatic rings. The molecule has 1 amide bonds. The number of carbonyl (C=O) groups excluding carboxylic acids is 1. The Hall–Kier alpha value is -3.12. The zero-order valence-corrected chi connectivity index (χ0v) is 18.6. The predicted molar refractivity (Wildman–Crippen MR) is 128 cm³/mol. The lowest BCUT2D eigenvalue weighted by Gasteiger charge is -2.18. The number of benzene rings is 2. The van der Waals surface area contributed by atoms with Gasteiger partial charge < -0.3 is 16.8 Å². The Kier molecular flexibility index (Phi) is 6.33. The highest BCUT2D eigenvalue weighted by Crippen LogP contribution is 2.49. The van der Waals surface area contributed by atoms with Crippen molar-refractivity contribution in [1.29, 1.82) is 0 Å². The normalized spacial score (nSPS) is 23.4. The van der Waals surface area contributed by atoms with Gasteiger partial charge in [0.15, 0.2) is 0 Å². The fraction of sp³-hybridized carbons (Fsp3) is 0.280. The van der Waals surface area contributed by atoms with E-state index in [0.29, 0.717) is 23.2 Å². The van der Waals surface area contributed by atoms with Crippen molar-refractivity contribution >= 4 is 34.6 Å². The van der Waals surface area contributed by atoms with Crippen molar-refractivity contribution in [2.75, 3.05) is 12.4 Å². The summed E-state index contributed by atoms with van der Waals surface area (Å²) in [4.78, 5) is 17.0. The maximum absolute atomic E-state index is 13.4. The van der Waals surface area contributed by atoms with Crippen molar-refractivity contribution in [3.05, 3.63) is 82.3 Å². The van der Waals surface area contributed by atoms with Crippen molar-refractivity contribution in [2.24, 2.45) is 34.2 Å². The smallest absolute Gasteiger partial charge is 0.261 e. The van der Waals surface area contributed by atoms with Gasteiger partial charge >= 0.3 is 0 Å². The van der Waals surface area contributed by atoms with E-state index in [-0.39, 0.29) is 22.3 Å². The summed E-state index contributed by atoms with van der Waals surface area (Å²) in [6.07, 6.45) is 5.11. The summed E-state index contributed by atoms with van der Waals surface area (Å²) < 4.78 is 13.4. The molecule has 3 atom stereocenters. The summed E-state index contributed by atoms with van der Waals surface area (Å²) in [6, 6.07) is 14.4. The first-order valence-corrected chi connectivity index (χ1v) is 11.0. The number of fused-ring (bicyclic) bond motifs is 1. The van der Waals surface area contributed by atoms with Crippen LogP contribution in [0.15, 0.2) is 70.9 Å². The molecule has 1 fully saturated rings. The summed E-state index contributed by atoms with van der Waals surface area (Å²) in [5, 5.41) is 2.63. The van der Waals surface area contributed by atoms with Gasteiger partial charge in [-0.25, -0.2) is 4.39 Å². The zero-order valence-electron chi connectivity index (χ0n) is 17.8. The number of aliphatic imine (C=N–C) groups is 1. The number of carbonyl (C=O) groups is 1. The first-order chi connectivity index (χ1) is 15.4. The van der Waals surface area contributed by atoms with E-state index < -0.39 is 11.7 Å². The Balaban J connectivity index is 1.55. The van der Waals surface area contributed by atoms with Gasteiger partial charge in [0, 0.05) is 24.4 Å². The van der Waals surface area contributed by atoms with E-state index in [2.05, 4.69) is 40.7 Å². The Morgan fingerprint density at radius 2 is 1.91 bits per heavy atom. The second kappa shape index (κ2) is 9.17. The Morgan fingerprint density at radius 1 is 1.16 bits per heavy atom. The lowest BCUT2D eigenvalue weighted by atomic mass is 9.93. The van der Waals surface area contributed by atoms with E-state index in [4.69, 9.17) is 23.1 Å². The van der Waals surface area contributed by atoms with Gasteiger partial charge in [-0.15, -0.1) is 0 Å². The highest BCUT2D eigenvalue weighted by molar-refractivity contribution is 6.31. The molecule has 4 rings (SSSR count). The van der Waals surface area contributed by atoms with E-state index in [1.54, 1.807) is 0 Å². The molecule has 5 nitrogen and oxygen atoms in total. The van der Waals surface area contributed by atoms with Gasteiger partial charge in [-0.3, -0.25) is 9.79 Å². The molecule has 0 heterocycles. The van der Waals surface area contributed by atoms with Crippen LogP contribution in [0.25, 0.3) is 5.57 Å². The summed E-state index contributed by atoms with van der Waals surface area (Å²) in [6.45, 7) is 0. The molecule has 2 aromatic carbocycles. The lowest BCUT2D eigenvalue weighted by Crippen LogP contribution is -2.31. The number of nitrogens with one attached hydrogen (secondary N) is 1. The number of amidine groups is 1. The number of rotatable bonds is 5. The standard InChI is InChI=1S/C25H26ClFN4O/c1-30-24(29)22(25(32)31-19-7-8-21(27)20(26)13-19)23(28)18-11-16-9-15(10-17(16)12-18)14-5-3-2-4-6-14/h2-9,13,16-18H,10-12,28H2,1H3,(H2,29,30)(H,31,32). The molecule has 0 saturated heterocycles. The van der Waals surface area contributed by atoms with E-state index in [9.17, 15) is 9.18 Å². The zero-order chi connectivity index (χ0) is 22.8. The minimum atomic E-state index is -0.560. The van der Waals surface area contributed by atoms with Crippen LogP contribution >= 0.6 is 11.6 Å². The molecule has 7 heteroatoms. The molecular weight excluding hydrogens is 427 g/mol. The van der Waals surface area contributed by atoms with Crippen LogP contribution in [-0.4, -0.2) is 18.8 Å². The Morgan fingerprint density at radius 3 is 2.56 bits per heavy atom. The minimum absolute atomic E-state index is 0.0384. The van der Waals surface area contributed by atoms with Gasteiger partial charge in [-0.1, -0.05) is 48.0 Å². The van der Waals surface area contributed by atoms with Crippen LogP contribution in [0.4, 0.5) is 10.1 Å². The molecule has 0 bridgehead atoms. The number of hydrogen-bond donors (Lipinski definition) is 3. The molecule has 0 aliphatic heterocycles. The number of hydrogen-bond acceptors (Lipinski definition) is 3. The van der Waals surface area contributed by atoms with Crippen molar-refractivity contribution in [1.82, 2.24) is 0 Å². The molecular formula is C25H26ClFN4O. The second-order valence-electron chi connectivity index (χ2n) is 8.38. The fourth-order valence-corrected chi connectivity index (χ4v) is 4.98. The first-order valence-electron chi connectivity index (χ1n) is 10.6. The van der Waals surface area contributed by atoms with Crippen LogP contribution in [-0.2, 0) is 4.79 Å². The van der Waals surface area contributed by atoms with Gasteiger partial charge in [-0.05, 0) is 60.4 Å². The van der Waals surface area contributed by atoms with Gasteiger partial charge in [0.1, 0.15) is 17.2 Å². The number of anilines is 1. The average Bonchev–Trinajstić information content (AvgIpc) is 3.36. The molecule has 2 aliphatic carbocycles. The van der Waals surface area contributed by atoms with E-state index in [0.717, 1.165) is 19.3 Å². The van der Waals surface area contributed by atoms with Crippen LogP contribution in [0.5, 0.6) is 0 Å². The van der Waals surface area contributed by atoms with Gasteiger partial charge in [0.25, 0.3) is 5.91 Å². The monoisotopic (exact) mass is 452 g/mol. The van der Waals surface area contributed by atoms with Gasteiger partial charge in [-0.2, -0.15) is 0 Å². The van der Waals surface area contributed by atoms with Crippen LogP contribution in [0.1, 0.15) is 24.8 Å². The number of halogens is 2. The Labute approximate surface area is 192 Å². The van der Waals surface area contributed by atoms with Crippen LogP contribution in [0, 0.1) is 23.6 Å². The summed E-state index contributed by atoms with van der Waals surface area (Å²) >= 11 is 5.83. The Bertz CT molecular complexity index is 1130. The fourth-order valence-electron chi connectivity index (χ4n) is 4.80. The van der Waals surface area contributed by atoms with Crippen LogP contribution in [0.2, 0.25) is 5.02 Å². The lowest BCUT2D eigenvalue weighted by molar-refractivity contribution is -0.112. The summed E-state index contributed by atoms with van der Waals surface area (Å²) in [5.74, 6) is -0.00871. The molecule has 0 spiro atoms. The SMILES string of the molecule is CN=C(N)C(C(=O)Nc1ccc(F)c(Cl)c1)=C(N)C1CC2C=C(c3ccccc3)CC2C1. The number of amides is 1. The van der Waals surface area contributed by atoms with E-state index in [1.807, 2.05) is 6.07 Å². The highest BCUT2D eigenvalue weighted by Gasteiger charge is 2.39. The van der Waals surface area contributed by atoms with Crippen LogP contribution in [0.3, 0.4) is 0 Å². The molecule has 32 heavy (non-hydrogen) atoms. The topological polar surface area (TPSA) is 93.5 Å². The third-order valence-electron chi connectivity index (χ3n) is 6.42. The maximum atomic E-state index is 13.4. The third-order valence-corrected chi connectivity index (χ3v) is 6.71. The maximum Gasteiger partial charge on any atom is 0.261 e. The highest BCUT2D eigenvalue weighted by atomic mass is 35.5. The quantitative estimate of drug-likeness (QED) is 0.347. The molecule has 3 unspecified atom stereocenters. The molecule has 2 aromatic rings. The van der Waals surface area contributed by atoms with Gasteiger partial charge in [0.2, 0.25) is 0 Å². The van der Waals surface area contributed by atoms with E-state index in [1.165, 1.54) is 36.4 Å². The number of nitrogens with zero attached hydrogens (tertiary/aromatic N) is 1. The molecule has 0 radical (unpaired) electrons. The van der Waals surface area contributed by atoms with Crippen molar-refractivity contribution in [3.63, 3.8) is 0 Å². The average molecular weight is 453 g/mol. The van der Waals surface area contributed by atoms with Crippen molar-refractivity contribution in [2.45, 2.75) is 19.3 Å². The minimum Gasteiger partial charge on any atom is -0.401 e. The van der Waals surface area contributed by atoms with Gasteiger partial charge in [0.05, 0.1) is 5.02 Å². The first kappa shape index (κ1) is 22.1. The number of allylic oxidation sites excluding steroid dienone is 3. The van der Waals surface area contributed by atoms with Crippen LogP contribution < -0.4 is 16.8 Å². The number of nitrogens with two attached hydrogens (primary N) is 2. The summed E-state index contributed by atoms with van der Waals surface area (Å²) in [5.41, 5.74) is 16.2. The molecule has 166 valence electrons. The second-order valence-corrected chi connectivity index (χ2v) is 8.78. The van der Waals surface area contributed by atoms with Crippen molar-refractivity contribution < 1.29 is 9.18 Å². The largest absolute Gasteiger partial charge is 0.401 e. The molecule has 0 aromatic heterocycles. The molecule has 1 saturated carbocycles. The predicted octanol–water partition coefficient (Wildman–Crippen LogP) is 4.75. The molecule has 5 N–H and O–H groups in total. The third kappa shape index (κ3) is 4.41. The summed E-state index contributed by atoms with van der Waals surface area (Å²) in [7, 11) is 1.52. The van der Waals surface area contributed by atoms with E-state index >= 15 is 0 Å². The van der Waals surface area contributed by atoms with Crippen molar-refractivity contribution in [3.8, 4) is 0 Å².